The minimum Gasteiger partial charge on any atom is -0.454 e. The van der Waals surface area contributed by atoms with Crippen LogP contribution < -0.4 is 0 Å². The van der Waals surface area contributed by atoms with E-state index in [1.807, 2.05) is 33.8 Å². The zero-order chi connectivity index (χ0) is 10.0. The Hall–Kier alpha value is -1.05. The predicted molar refractivity (Wildman–Crippen MR) is 52.3 cm³/mol. The van der Waals surface area contributed by atoms with Crippen molar-refractivity contribution in [3.05, 3.63) is 22.8 Å². The number of carbonyl (C=O) groups excluding carboxylic acids is 1. The molecule has 0 amide bonds. The van der Waals surface area contributed by atoms with E-state index in [1.54, 1.807) is 0 Å². The summed E-state index contributed by atoms with van der Waals surface area (Å²) in [6, 6.07) is 0. The Bertz CT molecular complexity index is 280. The quantitative estimate of drug-likeness (QED) is 0.352. The molecule has 0 aromatic carbocycles. The Kier molecular flexibility index (Phi) is 2.91. The molecule has 2 nitrogen and oxygen atoms in total. The maximum atomic E-state index is 11.3. The van der Waals surface area contributed by atoms with Gasteiger partial charge in [0.2, 0.25) is 0 Å². The van der Waals surface area contributed by atoms with Crippen LogP contribution in [0.2, 0.25) is 0 Å². The molecule has 0 spiro atoms. The summed E-state index contributed by atoms with van der Waals surface area (Å²) >= 11 is 0. The summed E-state index contributed by atoms with van der Waals surface area (Å²) in [6.07, 6.45) is 2.70. The van der Waals surface area contributed by atoms with Crippen molar-refractivity contribution in [1.82, 2.24) is 0 Å². The van der Waals surface area contributed by atoms with Gasteiger partial charge in [-0.05, 0) is 33.3 Å². The third kappa shape index (κ3) is 2.00. The summed E-state index contributed by atoms with van der Waals surface area (Å²) in [5.41, 5.74) is 3.03. The van der Waals surface area contributed by atoms with E-state index in [9.17, 15) is 4.79 Å². The molecule has 0 bridgehead atoms. The van der Waals surface area contributed by atoms with Crippen LogP contribution in [0.15, 0.2) is 22.8 Å². The third-order valence-corrected chi connectivity index (χ3v) is 2.45. The first kappa shape index (κ1) is 10.0. The van der Waals surface area contributed by atoms with E-state index in [-0.39, 0.29) is 12.1 Å². The number of esters is 1. The maximum Gasteiger partial charge on any atom is 0.334 e. The molecule has 1 atom stereocenters. The van der Waals surface area contributed by atoms with Gasteiger partial charge in [-0.1, -0.05) is 11.6 Å². The molecule has 1 unspecified atom stereocenters. The topological polar surface area (TPSA) is 26.3 Å². The van der Waals surface area contributed by atoms with Crippen molar-refractivity contribution in [2.75, 3.05) is 0 Å². The van der Waals surface area contributed by atoms with Crippen LogP contribution >= 0.6 is 0 Å². The van der Waals surface area contributed by atoms with Crippen molar-refractivity contribution in [3.63, 3.8) is 0 Å². The molecule has 0 radical (unpaired) electrons. The Morgan fingerprint density at radius 1 is 1.46 bits per heavy atom. The maximum absolute atomic E-state index is 11.3. The molecule has 0 aromatic heterocycles. The van der Waals surface area contributed by atoms with Crippen molar-refractivity contribution >= 4 is 5.97 Å². The number of hydrogen-bond acceptors (Lipinski definition) is 2. The van der Waals surface area contributed by atoms with Crippen LogP contribution in [0.4, 0.5) is 0 Å². The first-order valence-corrected chi connectivity index (χ1v) is 4.56. The summed E-state index contributed by atoms with van der Waals surface area (Å²) in [7, 11) is 0. The molecule has 0 N–H and O–H groups in total. The largest absolute Gasteiger partial charge is 0.454 e. The fourth-order valence-corrected chi connectivity index (χ4v) is 1.36. The molecule has 1 heterocycles. The van der Waals surface area contributed by atoms with E-state index >= 15 is 0 Å². The van der Waals surface area contributed by atoms with Gasteiger partial charge >= 0.3 is 5.97 Å². The van der Waals surface area contributed by atoms with Gasteiger partial charge in [0.05, 0.1) is 0 Å². The lowest BCUT2D eigenvalue weighted by atomic mass is 10.0. The van der Waals surface area contributed by atoms with E-state index in [2.05, 4.69) is 0 Å². The smallest absolute Gasteiger partial charge is 0.334 e. The van der Waals surface area contributed by atoms with Crippen LogP contribution in [-0.4, -0.2) is 12.1 Å². The highest BCUT2D eigenvalue weighted by Gasteiger charge is 2.30. The highest BCUT2D eigenvalue weighted by molar-refractivity contribution is 5.91. The lowest BCUT2D eigenvalue weighted by Crippen LogP contribution is -2.07. The lowest BCUT2D eigenvalue weighted by molar-refractivity contribution is -0.137. The number of cyclic esters (lactones) is 1. The molecular formula is C11H16O2. The zero-order valence-electron chi connectivity index (χ0n) is 8.68. The van der Waals surface area contributed by atoms with Gasteiger partial charge in [0, 0.05) is 12.0 Å². The average molecular weight is 180 g/mol. The molecule has 0 aliphatic carbocycles. The van der Waals surface area contributed by atoms with Gasteiger partial charge < -0.3 is 4.74 Å². The minimum atomic E-state index is -0.147. The Labute approximate surface area is 79.3 Å². The molecular weight excluding hydrogens is 164 g/mol. The molecule has 1 aliphatic rings. The van der Waals surface area contributed by atoms with Crippen LogP contribution in [0.5, 0.6) is 0 Å². The summed E-state index contributed by atoms with van der Waals surface area (Å²) in [4.78, 5) is 11.3. The molecule has 72 valence electrons. The third-order valence-electron chi connectivity index (χ3n) is 2.45. The second-order valence-electron chi connectivity index (χ2n) is 3.61. The van der Waals surface area contributed by atoms with Gasteiger partial charge in [-0.15, -0.1) is 0 Å². The SMILES string of the molecule is C/C=C(\C)C1CC(=C(C)C)C(=O)O1. The van der Waals surface area contributed by atoms with E-state index in [1.165, 1.54) is 0 Å². The lowest BCUT2D eigenvalue weighted by Gasteiger charge is -2.07. The Balaban J connectivity index is 2.84. The van der Waals surface area contributed by atoms with Crippen LogP contribution in [0.25, 0.3) is 0 Å². The predicted octanol–water partition coefficient (Wildman–Crippen LogP) is 2.60. The number of ether oxygens (including phenoxy) is 1. The number of allylic oxidation sites excluding steroid dienone is 2. The van der Waals surface area contributed by atoms with Gasteiger partial charge in [0.15, 0.2) is 0 Å². The number of carbonyl (C=O) groups is 1. The fraction of sp³-hybridized carbons (Fsp3) is 0.545. The van der Waals surface area contributed by atoms with Gasteiger partial charge in [0.1, 0.15) is 6.10 Å². The molecule has 2 heteroatoms. The van der Waals surface area contributed by atoms with Crippen LogP contribution in [0.1, 0.15) is 34.1 Å². The second kappa shape index (κ2) is 3.77. The highest BCUT2D eigenvalue weighted by atomic mass is 16.5. The first-order chi connectivity index (χ1) is 6.06. The number of rotatable bonds is 1. The monoisotopic (exact) mass is 180 g/mol. The highest BCUT2D eigenvalue weighted by Crippen LogP contribution is 2.27. The molecule has 13 heavy (non-hydrogen) atoms. The van der Waals surface area contributed by atoms with E-state index in [4.69, 9.17) is 4.74 Å². The molecule has 1 saturated heterocycles. The van der Waals surface area contributed by atoms with Gasteiger partial charge in [-0.25, -0.2) is 4.79 Å². The first-order valence-electron chi connectivity index (χ1n) is 4.56. The Morgan fingerprint density at radius 3 is 2.46 bits per heavy atom. The summed E-state index contributed by atoms with van der Waals surface area (Å²) in [5, 5.41) is 0. The van der Waals surface area contributed by atoms with Crippen molar-refractivity contribution in [1.29, 1.82) is 0 Å². The van der Waals surface area contributed by atoms with Gasteiger partial charge in [0.25, 0.3) is 0 Å². The average Bonchev–Trinajstić information content (AvgIpc) is 2.46. The summed E-state index contributed by atoms with van der Waals surface area (Å²) in [5.74, 6) is -0.147. The normalized spacial score (nSPS) is 23.4. The second-order valence-corrected chi connectivity index (χ2v) is 3.61. The van der Waals surface area contributed by atoms with Crippen molar-refractivity contribution in [2.24, 2.45) is 0 Å². The van der Waals surface area contributed by atoms with Crippen LogP contribution in [0, 0.1) is 0 Å². The van der Waals surface area contributed by atoms with E-state index in [0.717, 1.165) is 23.1 Å². The minimum absolute atomic E-state index is 0.0256. The van der Waals surface area contributed by atoms with Crippen molar-refractivity contribution < 1.29 is 9.53 Å². The van der Waals surface area contributed by atoms with Crippen LogP contribution in [0.3, 0.4) is 0 Å². The molecule has 1 aliphatic heterocycles. The summed E-state index contributed by atoms with van der Waals surface area (Å²) in [6.45, 7) is 7.85. The zero-order valence-corrected chi connectivity index (χ0v) is 8.68. The van der Waals surface area contributed by atoms with Crippen molar-refractivity contribution in [3.8, 4) is 0 Å². The molecule has 1 rings (SSSR count). The van der Waals surface area contributed by atoms with E-state index in [0.29, 0.717) is 0 Å². The Morgan fingerprint density at radius 2 is 2.08 bits per heavy atom. The van der Waals surface area contributed by atoms with Gasteiger partial charge in [-0.2, -0.15) is 0 Å². The van der Waals surface area contributed by atoms with Gasteiger partial charge in [-0.3, -0.25) is 0 Å². The fourth-order valence-electron chi connectivity index (χ4n) is 1.36. The molecule has 0 aromatic rings. The standard InChI is InChI=1S/C11H16O2/c1-5-8(4)10-6-9(7(2)3)11(12)13-10/h5,10H,6H2,1-4H3/b8-5+. The molecule has 0 saturated carbocycles. The number of hydrogen-bond donors (Lipinski definition) is 0. The van der Waals surface area contributed by atoms with Crippen molar-refractivity contribution in [2.45, 2.75) is 40.2 Å². The van der Waals surface area contributed by atoms with Crippen LogP contribution in [-0.2, 0) is 9.53 Å². The summed E-state index contributed by atoms with van der Waals surface area (Å²) < 4.78 is 5.22. The van der Waals surface area contributed by atoms with E-state index < -0.39 is 0 Å². The molecule has 1 fully saturated rings.